The lowest BCUT2D eigenvalue weighted by Crippen LogP contribution is -2.59. The van der Waals surface area contributed by atoms with Gasteiger partial charge in [0.15, 0.2) is 5.92 Å². The predicted octanol–water partition coefficient (Wildman–Crippen LogP) is 0.300. The van der Waals surface area contributed by atoms with Crippen LogP contribution in [0.1, 0.15) is 0 Å². The van der Waals surface area contributed by atoms with Crippen molar-refractivity contribution in [3.8, 4) is 5.75 Å². The van der Waals surface area contributed by atoms with Gasteiger partial charge in [0.25, 0.3) is 11.8 Å². The summed E-state index contributed by atoms with van der Waals surface area (Å²) in [7, 11) is 3.96. The summed E-state index contributed by atoms with van der Waals surface area (Å²) in [4.78, 5) is 49.3. The molecule has 1 heterocycles. The maximum atomic E-state index is 12.2. The minimum absolute atomic E-state index is 0.411. The second-order valence-corrected chi connectivity index (χ2v) is 4.73. The molecule has 1 aliphatic rings. The molecule has 2 rings (SSSR count). The van der Waals surface area contributed by atoms with E-state index in [4.69, 9.17) is 4.74 Å². The molecule has 8 heteroatoms. The summed E-state index contributed by atoms with van der Waals surface area (Å²) < 4.78 is 4.99. The number of amides is 5. The first kappa shape index (κ1) is 15.5. The lowest BCUT2D eigenvalue weighted by molar-refractivity contribution is -0.151. The zero-order chi connectivity index (χ0) is 16.4. The van der Waals surface area contributed by atoms with Crippen LogP contribution in [0, 0.1) is 5.92 Å². The maximum absolute atomic E-state index is 12.2. The zero-order valence-electron chi connectivity index (χ0n) is 12.3. The Labute approximate surface area is 126 Å². The van der Waals surface area contributed by atoms with Gasteiger partial charge >= 0.3 is 6.03 Å². The molecule has 0 spiro atoms. The van der Waals surface area contributed by atoms with Crippen molar-refractivity contribution in [2.24, 2.45) is 5.92 Å². The number of ether oxygens (including phenoxy) is 1. The van der Waals surface area contributed by atoms with Crippen molar-refractivity contribution in [2.45, 2.75) is 0 Å². The molecule has 1 aliphatic heterocycles. The van der Waals surface area contributed by atoms with E-state index in [1.165, 1.54) is 21.2 Å². The second kappa shape index (κ2) is 5.84. The van der Waals surface area contributed by atoms with Crippen LogP contribution in [0.3, 0.4) is 0 Å². The van der Waals surface area contributed by atoms with Crippen LogP contribution < -0.4 is 10.1 Å². The summed E-state index contributed by atoms with van der Waals surface area (Å²) >= 11 is 0. The minimum atomic E-state index is -1.57. The average molecular weight is 305 g/mol. The number of carbonyl (C=O) groups excluding carboxylic acids is 4. The van der Waals surface area contributed by atoms with Crippen LogP contribution in [0.2, 0.25) is 0 Å². The third-order valence-corrected chi connectivity index (χ3v) is 3.35. The van der Waals surface area contributed by atoms with Crippen LogP contribution in [-0.2, 0) is 14.4 Å². The van der Waals surface area contributed by atoms with Crippen molar-refractivity contribution in [3.63, 3.8) is 0 Å². The van der Waals surface area contributed by atoms with Crippen LogP contribution in [0.15, 0.2) is 24.3 Å². The number of nitrogens with one attached hydrogen (secondary N) is 1. The molecular formula is C14H15N3O5. The number of nitrogens with zero attached hydrogens (tertiary/aromatic N) is 2. The van der Waals surface area contributed by atoms with Gasteiger partial charge in [-0.05, 0) is 24.3 Å². The SMILES string of the molecule is COc1ccc(NC(=O)C2C(=O)N(C)C(=O)N(C)C2=O)cc1. The molecule has 0 radical (unpaired) electrons. The molecule has 5 amide bonds. The number of methoxy groups -OCH3 is 1. The molecule has 1 aromatic rings. The largest absolute Gasteiger partial charge is 0.497 e. The molecule has 1 saturated heterocycles. The van der Waals surface area contributed by atoms with Gasteiger partial charge in [-0.1, -0.05) is 0 Å². The summed E-state index contributed by atoms with van der Waals surface area (Å²) in [5.41, 5.74) is 0.411. The summed E-state index contributed by atoms with van der Waals surface area (Å²) in [5.74, 6) is -3.45. The third kappa shape index (κ3) is 2.62. The smallest absolute Gasteiger partial charge is 0.332 e. The highest BCUT2D eigenvalue weighted by molar-refractivity contribution is 6.27. The van der Waals surface area contributed by atoms with Gasteiger partial charge in [-0.3, -0.25) is 24.2 Å². The molecule has 0 aromatic heterocycles. The van der Waals surface area contributed by atoms with Crippen molar-refractivity contribution in [2.75, 3.05) is 26.5 Å². The number of rotatable bonds is 3. The first-order chi connectivity index (χ1) is 10.4. The maximum Gasteiger partial charge on any atom is 0.332 e. The number of hydrogen-bond acceptors (Lipinski definition) is 5. The lowest BCUT2D eigenvalue weighted by Gasteiger charge is -2.32. The van der Waals surface area contributed by atoms with Gasteiger partial charge in [-0.2, -0.15) is 0 Å². The van der Waals surface area contributed by atoms with Crippen LogP contribution in [-0.4, -0.2) is 54.8 Å². The second-order valence-electron chi connectivity index (χ2n) is 4.73. The molecule has 1 N–H and O–H groups in total. The normalized spacial score (nSPS) is 16.0. The van der Waals surface area contributed by atoms with Gasteiger partial charge in [0.2, 0.25) is 5.91 Å². The van der Waals surface area contributed by atoms with Gasteiger partial charge in [-0.15, -0.1) is 0 Å². The Bertz CT molecular complexity index is 616. The summed E-state index contributed by atoms with van der Waals surface area (Å²) in [6.45, 7) is 0. The molecule has 22 heavy (non-hydrogen) atoms. The Hall–Kier alpha value is -2.90. The van der Waals surface area contributed by atoms with Gasteiger partial charge in [0, 0.05) is 19.8 Å². The van der Waals surface area contributed by atoms with E-state index in [-0.39, 0.29) is 0 Å². The molecule has 0 saturated carbocycles. The first-order valence-corrected chi connectivity index (χ1v) is 6.41. The Morgan fingerprint density at radius 2 is 1.55 bits per heavy atom. The number of hydrogen-bond donors (Lipinski definition) is 1. The van der Waals surface area contributed by atoms with Gasteiger partial charge in [-0.25, -0.2) is 4.79 Å². The molecule has 0 atom stereocenters. The van der Waals surface area contributed by atoms with Crippen molar-refractivity contribution < 1.29 is 23.9 Å². The number of carbonyl (C=O) groups is 4. The number of imide groups is 2. The van der Waals surface area contributed by atoms with Crippen molar-refractivity contribution in [1.29, 1.82) is 0 Å². The molecule has 8 nitrogen and oxygen atoms in total. The molecule has 1 fully saturated rings. The van der Waals surface area contributed by atoms with E-state index in [9.17, 15) is 19.2 Å². The molecule has 1 aromatic carbocycles. The van der Waals surface area contributed by atoms with E-state index < -0.39 is 29.7 Å². The van der Waals surface area contributed by atoms with Crippen molar-refractivity contribution in [3.05, 3.63) is 24.3 Å². The van der Waals surface area contributed by atoms with Crippen molar-refractivity contribution >= 4 is 29.4 Å². The van der Waals surface area contributed by atoms with E-state index in [0.717, 1.165) is 9.80 Å². The number of benzene rings is 1. The van der Waals surface area contributed by atoms with Crippen molar-refractivity contribution in [1.82, 2.24) is 9.80 Å². The van der Waals surface area contributed by atoms with Crippen LogP contribution >= 0.6 is 0 Å². The summed E-state index contributed by atoms with van der Waals surface area (Å²) in [6.07, 6.45) is 0. The fourth-order valence-electron chi connectivity index (χ4n) is 2.02. The fraction of sp³-hybridized carbons (Fsp3) is 0.286. The number of urea groups is 1. The first-order valence-electron chi connectivity index (χ1n) is 6.41. The quantitative estimate of drug-likeness (QED) is 0.810. The minimum Gasteiger partial charge on any atom is -0.497 e. The number of anilines is 1. The Balaban J connectivity index is 2.18. The van der Waals surface area contributed by atoms with Crippen LogP contribution in [0.25, 0.3) is 0 Å². The average Bonchev–Trinajstić information content (AvgIpc) is 2.52. The standard InChI is InChI=1S/C14H15N3O5/c1-16-12(19)10(13(20)17(2)14(16)21)11(18)15-8-4-6-9(22-3)7-5-8/h4-7,10H,1-3H3,(H,15,18). The fourth-order valence-corrected chi connectivity index (χ4v) is 2.02. The number of barbiturate groups is 1. The van der Waals surface area contributed by atoms with Gasteiger partial charge in [0.1, 0.15) is 5.75 Å². The third-order valence-electron chi connectivity index (χ3n) is 3.35. The van der Waals surface area contributed by atoms with Gasteiger partial charge < -0.3 is 10.1 Å². The van der Waals surface area contributed by atoms with E-state index in [2.05, 4.69) is 5.32 Å². The molecule has 0 aliphatic carbocycles. The molecule has 116 valence electrons. The summed E-state index contributed by atoms with van der Waals surface area (Å²) in [6, 6.07) is 5.65. The van der Waals surface area contributed by atoms with Crippen LogP contribution in [0.5, 0.6) is 5.75 Å². The Kier molecular flexibility index (Phi) is 4.11. The highest BCUT2D eigenvalue weighted by atomic mass is 16.5. The molecule has 0 bridgehead atoms. The highest BCUT2D eigenvalue weighted by Crippen LogP contribution is 2.19. The topological polar surface area (TPSA) is 96.0 Å². The lowest BCUT2D eigenvalue weighted by atomic mass is 10.0. The van der Waals surface area contributed by atoms with Gasteiger partial charge in [0.05, 0.1) is 7.11 Å². The van der Waals surface area contributed by atoms with E-state index in [1.54, 1.807) is 24.3 Å². The predicted molar refractivity (Wildman–Crippen MR) is 76.0 cm³/mol. The zero-order valence-corrected chi connectivity index (χ0v) is 12.3. The van der Waals surface area contributed by atoms with E-state index >= 15 is 0 Å². The Morgan fingerprint density at radius 3 is 2.00 bits per heavy atom. The summed E-state index contributed by atoms with van der Waals surface area (Å²) in [5, 5.41) is 2.48. The van der Waals surface area contributed by atoms with Crippen LogP contribution in [0.4, 0.5) is 10.5 Å². The highest BCUT2D eigenvalue weighted by Gasteiger charge is 2.46. The molecule has 0 unspecified atom stereocenters. The van der Waals surface area contributed by atoms with E-state index in [0.29, 0.717) is 11.4 Å². The Morgan fingerprint density at radius 1 is 1.05 bits per heavy atom. The van der Waals surface area contributed by atoms with E-state index in [1.807, 2.05) is 0 Å². The monoisotopic (exact) mass is 305 g/mol. The molecular weight excluding hydrogens is 290 g/mol.